The van der Waals surface area contributed by atoms with Gasteiger partial charge >= 0.3 is 0 Å². The Bertz CT molecular complexity index is 85.7. The summed E-state index contributed by atoms with van der Waals surface area (Å²) in [4.78, 5) is 0. The van der Waals surface area contributed by atoms with Gasteiger partial charge in [-0.3, -0.25) is 0 Å². The van der Waals surface area contributed by atoms with Crippen molar-refractivity contribution in [2.75, 3.05) is 26.3 Å². The maximum Gasteiger partial charge on any atom is 0.0659 e. The van der Waals surface area contributed by atoms with Gasteiger partial charge in [-0.05, 0) is 12.6 Å². The normalized spacial score (nSPS) is 11.0. The molecule has 0 rings (SSSR count). The van der Waals surface area contributed by atoms with Crippen LogP contribution < -0.4 is 5.32 Å². The number of ether oxygens (including phenoxy) is 1. The number of halogens is 1. The Morgan fingerprint density at radius 2 is 2.40 bits per heavy atom. The van der Waals surface area contributed by atoms with Gasteiger partial charge in [0, 0.05) is 12.1 Å². The zero-order valence-electron chi connectivity index (χ0n) is 6.27. The lowest BCUT2D eigenvalue weighted by Gasteiger charge is -2.00. The predicted octanol–water partition coefficient (Wildman–Crippen LogP) is 1.36. The van der Waals surface area contributed by atoms with E-state index in [9.17, 15) is 0 Å². The first-order chi connectivity index (χ1) is 4.91. The van der Waals surface area contributed by atoms with E-state index in [4.69, 9.17) is 16.3 Å². The Labute approximate surface area is 67.2 Å². The summed E-state index contributed by atoms with van der Waals surface area (Å²) in [6, 6.07) is 0. The number of rotatable bonds is 6. The molecule has 0 saturated carbocycles. The molecular weight excluding hydrogens is 150 g/mol. The van der Waals surface area contributed by atoms with Gasteiger partial charge < -0.3 is 10.1 Å². The van der Waals surface area contributed by atoms with Crippen molar-refractivity contribution in [2.24, 2.45) is 0 Å². The van der Waals surface area contributed by atoms with Gasteiger partial charge in [-0.15, -0.1) is 0 Å². The van der Waals surface area contributed by atoms with Crippen LogP contribution in [-0.2, 0) is 4.74 Å². The minimum absolute atomic E-state index is 0.606. The highest BCUT2D eigenvalue weighted by atomic mass is 35.5. The summed E-state index contributed by atoms with van der Waals surface area (Å²) in [5, 5.41) is 3.14. The second kappa shape index (κ2) is 8.95. The van der Waals surface area contributed by atoms with Crippen molar-refractivity contribution in [2.45, 2.75) is 6.92 Å². The van der Waals surface area contributed by atoms with Gasteiger partial charge in [-0.1, -0.05) is 18.5 Å². The topological polar surface area (TPSA) is 21.3 Å². The van der Waals surface area contributed by atoms with Crippen molar-refractivity contribution in [1.82, 2.24) is 5.32 Å². The molecule has 0 amide bonds. The Hall–Kier alpha value is -0.0500. The summed E-state index contributed by atoms with van der Waals surface area (Å²) in [5.74, 6) is 0. The molecule has 60 valence electrons. The van der Waals surface area contributed by atoms with Gasteiger partial charge in [0.25, 0.3) is 0 Å². The molecule has 0 atom stereocenters. The van der Waals surface area contributed by atoms with E-state index in [-0.39, 0.29) is 0 Å². The van der Waals surface area contributed by atoms with Crippen LogP contribution in [0, 0.1) is 0 Å². The van der Waals surface area contributed by atoms with E-state index in [0.717, 1.165) is 19.7 Å². The molecule has 0 aliphatic heterocycles. The fraction of sp³-hybridized carbons (Fsp3) is 0.714. The van der Waals surface area contributed by atoms with Crippen LogP contribution in [-0.4, -0.2) is 26.3 Å². The fourth-order valence-corrected chi connectivity index (χ4v) is 0.582. The van der Waals surface area contributed by atoms with Crippen molar-refractivity contribution in [3.05, 3.63) is 11.6 Å². The average Bonchev–Trinajstić information content (AvgIpc) is 1.97. The third kappa shape index (κ3) is 7.95. The predicted molar refractivity (Wildman–Crippen MR) is 44.4 cm³/mol. The van der Waals surface area contributed by atoms with Crippen LogP contribution in [0.2, 0.25) is 0 Å². The summed E-state index contributed by atoms with van der Waals surface area (Å²) in [5.41, 5.74) is 1.47. The summed E-state index contributed by atoms with van der Waals surface area (Å²) in [6.45, 7) is 5.32. The van der Waals surface area contributed by atoms with Gasteiger partial charge in [-0.2, -0.15) is 0 Å². The zero-order chi connectivity index (χ0) is 7.66. The lowest BCUT2D eigenvalue weighted by atomic mass is 10.6. The molecule has 0 bridgehead atoms. The van der Waals surface area contributed by atoms with Crippen LogP contribution in [0.4, 0.5) is 0 Å². The van der Waals surface area contributed by atoms with Crippen LogP contribution >= 0.6 is 11.6 Å². The van der Waals surface area contributed by atoms with Gasteiger partial charge in [-0.25, -0.2) is 0 Å². The van der Waals surface area contributed by atoms with E-state index in [1.165, 1.54) is 5.54 Å². The molecule has 0 aliphatic carbocycles. The van der Waals surface area contributed by atoms with Crippen LogP contribution in [0.3, 0.4) is 0 Å². The first-order valence-corrected chi connectivity index (χ1v) is 3.89. The highest BCUT2D eigenvalue weighted by Gasteiger charge is 1.82. The zero-order valence-corrected chi connectivity index (χ0v) is 7.03. The molecule has 1 N–H and O–H groups in total. The van der Waals surface area contributed by atoms with E-state index in [1.807, 2.05) is 0 Å². The standard InChI is InChI=1S/C7H14ClNO/c1-2-9-5-7-10-6-3-4-8/h3-4,9H,2,5-7H2,1H3. The van der Waals surface area contributed by atoms with E-state index >= 15 is 0 Å². The van der Waals surface area contributed by atoms with Crippen molar-refractivity contribution >= 4 is 11.6 Å². The third-order valence-corrected chi connectivity index (χ3v) is 1.15. The third-order valence-electron chi connectivity index (χ3n) is 0.976. The molecule has 0 aromatic heterocycles. The summed E-state index contributed by atoms with van der Waals surface area (Å²) in [7, 11) is 0. The molecule has 2 nitrogen and oxygen atoms in total. The minimum atomic E-state index is 0.606. The Morgan fingerprint density at radius 1 is 1.60 bits per heavy atom. The lowest BCUT2D eigenvalue weighted by Crippen LogP contribution is -2.18. The summed E-state index contributed by atoms with van der Waals surface area (Å²) >= 11 is 5.27. The van der Waals surface area contributed by atoms with E-state index in [1.54, 1.807) is 6.08 Å². The van der Waals surface area contributed by atoms with Gasteiger partial charge in [0.1, 0.15) is 0 Å². The van der Waals surface area contributed by atoms with Gasteiger partial charge in [0.05, 0.1) is 13.2 Å². The van der Waals surface area contributed by atoms with Gasteiger partial charge in [0.15, 0.2) is 0 Å². The second-order valence-corrected chi connectivity index (χ2v) is 2.04. The molecule has 0 aromatic carbocycles. The minimum Gasteiger partial charge on any atom is -0.376 e. The number of hydrogen-bond acceptors (Lipinski definition) is 2. The molecule has 0 unspecified atom stereocenters. The Balaban J connectivity index is 2.77. The quantitative estimate of drug-likeness (QED) is 0.598. The smallest absolute Gasteiger partial charge is 0.0659 e. The Morgan fingerprint density at radius 3 is 3.00 bits per heavy atom. The number of likely N-dealkylation sites (N-methyl/N-ethyl adjacent to an activating group) is 1. The highest BCUT2D eigenvalue weighted by molar-refractivity contribution is 6.25. The SMILES string of the molecule is CCNCCOCC=CCl. The maximum atomic E-state index is 5.27. The molecule has 0 radical (unpaired) electrons. The second-order valence-electron chi connectivity index (χ2n) is 1.79. The van der Waals surface area contributed by atoms with Crippen molar-refractivity contribution < 1.29 is 4.74 Å². The van der Waals surface area contributed by atoms with Crippen LogP contribution in [0.5, 0.6) is 0 Å². The number of nitrogens with one attached hydrogen (secondary N) is 1. The first-order valence-electron chi connectivity index (χ1n) is 3.45. The fourth-order valence-electron chi connectivity index (χ4n) is 0.509. The Kier molecular flexibility index (Phi) is 8.91. The van der Waals surface area contributed by atoms with Crippen LogP contribution in [0.25, 0.3) is 0 Å². The van der Waals surface area contributed by atoms with Crippen LogP contribution in [0.15, 0.2) is 11.6 Å². The molecule has 10 heavy (non-hydrogen) atoms. The molecule has 0 saturated heterocycles. The first kappa shape index (κ1) is 9.95. The van der Waals surface area contributed by atoms with Crippen LogP contribution in [0.1, 0.15) is 6.92 Å². The van der Waals surface area contributed by atoms with E-state index < -0.39 is 0 Å². The van der Waals surface area contributed by atoms with Crippen molar-refractivity contribution in [3.8, 4) is 0 Å². The monoisotopic (exact) mass is 163 g/mol. The molecule has 0 heterocycles. The van der Waals surface area contributed by atoms with Crippen molar-refractivity contribution in [3.63, 3.8) is 0 Å². The summed E-state index contributed by atoms with van der Waals surface area (Å²) < 4.78 is 5.14. The number of hydrogen-bond donors (Lipinski definition) is 1. The van der Waals surface area contributed by atoms with E-state index in [2.05, 4.69) is 12.2 Å². The average molecular weight is 164 g/mol. The molecule has 0 fully saturated rings. The largest absolute Gasteiger partial charge is 0.376 e. The van der Waals surface area contributed by atoms with Crippen molar-refractivity contribution in [1.29, 1.82) is 0 Å². The highest BCUT2D eigenvalue weighted by Crippen LogP contribution is 1.79. The molecular formula is C7H14ClNO. The lowest BCUT2D eigenvalue weighted by molar-refractivity contribution is 0.164. The van der Waals surface area contributed by atoms with Gasteiger partial charge in [0.2, 0.25) is 0 Å². The molecule has 0 aromatic rings. The molecule has 0 spiro atoms. The maximum absolute atomic E-state index is 5.27. The molecule has 3 heteroatoms. The summed E-state index contributed by atoms with van der Waals surface area (Å²) in [6.07, 6.45) is 1.77. The van der Waals surface area contributed by atoms with E-state index in [0.29, 0.717) is 6.61 Å². The molecule has 0 aliphatic rings.